The third-order valence-corrected chi connectivity index (χ3v) is 3.94. The van der Waals surface area contributed by atoms with Gasteiger partial charge >= 0.3 is 0 Å². The number of ether oxygens (including phenoxy) is 1. The summed E-state index contributed by atoms with van der Waals surface area (Å²) < 4.78 is 7.39. The number of nitrogens with zero attached hydrogens (tertiary/aromatic N) is 2. The number of aryl methyl sites for hydroxylation is 1. The van der Waals surface area contributed by atoms with Gasteiger partial charge in [0.25, 0.3) is 5.69 Å². The van der Waals surface area contributed by atoms with E-state index in [1.807, 2.05) is 32.0 Å². The molecule has 0 bridgehead atoms. The molecule has 0 N–H and O–H groups in total. The lowest BCUT2D eigenvalue weighted by atomic mass is 10.0. The van der Waals surface area contributed by atoms with Crippen molar-refractivity contribution >= 4 is 17.5 Å². The van der Waals surface area contributed by atoms with E-state index in [0.29, 0.717) is 29.2 Å². The lowest BCUT2D eigenvalue weighted by Gasteiger charge is -2.09. The molecule has 6 nitrogen and oxygen atoms in total. The molecule has 24 heavy (non-hydrogen) atoms. The van der Waals surface area contributed by atoms with E-state index in [2.05, 4.69) is 0 Å². The van der Waals surface area contributed by atoms with Crippen molar-refractivity contribution in [2.75, 3.05) is 6.61 Å². The first kappa shape index (κ1) is 15.7. The fourth-order valence-electron chi connectivity index (χ4n) is 2.82. The standard InChI is InChI=1S/C18H16N2O4/c1-3-24-18-7-6-13(20(22)23)9-15(18)14-10-16-12(2)5-4-8-19(16)17(14)11-21/h4-11H,3H2,1-2H3. The van der Waals surface area contributed by atoms with Crippen LogP contribution in [0.15, 0.2) is 42.6 Å². The lowest BCUT2D eigenvalue weighted by molar-refractivity contribution is -0.384. The third-order valence-electron chi connectivity index (χ3n) is 3.94. The van der Waals surface area contributed by atoms with Crippen molar-refractivity contribution < 1.29 is 14.5 Å². The number of carbonyl (C=O) groups is 1. The monoisotopic (exact) mass is 324 g/mol. The Balaban J connectivity index is 2.33. The molecule has 0 aliphatic carbocycles. The van der Waals surface area contributed by atoms with Crippen molar-refractivity contribution in [2.45, 2.75) is 13.8 Å². The van der Waals surface area contributed by atoms with Crippen molar-refractivity contribution in [1.82, 2.24) is 4.40 Å². The predicted molar refractivity (Wildman–Crippen MR) is 90.8 cm³/mol. The summed E-state index contributed by atoms with van der Waals surface area (Å²) in [6, 6.07) is 10.1. The van der Waals surface area contributed by atoms with Crippen LogP contribution in [0.2, 0.25) is 0 Å². The molecule has 0 spiro atoms. The van der Waals surface area contributed by atoms with Crippen LogP contribution in [-0.4, -0.2) is 22.2 Å². The van der Waals surface area contributed by atoms with Gasteiger partial charge in [-0.2, -0.15) is 0 Å². The van der Waals surface area contributed by atoms with Gasteiger partial charge in [0.05, 0.1) is 17.2 Å². The van der Waals surface area contributed by atoms with Crippen LogP contribution in [0.5, 0.6) is 5.75 Å². The number of rotatable bonds is 5. The number of non-ortho nitro benzene ring substituents is 1. The predicted octanol–water partition coefficient (Wildman–Crippen LogP) is 4.03. The molecule has 0 radical (unpaired) electrons. The van der Waals surface area contributed by atoms with Crippen LogP contribution in [0, 0.1) is 17.0 Å². The topological polar surface area (TPSA) is 73.8 Å². The Morgan fingerprint density at radius 3 is 2.71 bits per heavy atom. The largest absolute Gasteiger partial charge is 0.493 e. The van der Waals surface area contributed by atoms with Gasteiger partial charge in [0.15, 0.2) is 6.29 Å². The summed E-state index contributed by atoms with van der Waals surface area (Å²) in [5.74, 6) is 0.514. The van der Waals surface area contributed by atoms with E-state index >= 15 is 0 Å². The van der Waals surface area contributed by atoms with Crippen LogP contribution in [0.1, 0.15) is 23.0 Å². The second-order valence-electron chi connectivity index (χ2n) is 5.38. The van der Waals surface area contributed by atoms with E-state index in [1.54, 1.807) is 16.7 Å². The first-order chi connectivity index (χ1) is 11.6. The van der Waals surface area contributed by atoms with Gasteiger partial charge in [-0.05, 0) is 37.6 Å². The minimum absolute atomic E-state index is 0.0442. The number of nitro benzene ring substituents is 1. The summed E-state index contributed by atoms with van der Waals surface area (Å²) in [6.45, 7) is 4.21. The molecule has 0 saturated carbocycles. The second kappa shape index (κ2) is 6.16. The minimum atomic E-state index is -0.457. The summed E-state index contributed by atoms with van der Waals surface area (Å²) >= 11 is 0. The molecule has 2 heterocycles. The molecule has 3 aromatic rings. The first-order valence-electron chi connectivity index (χ1n) is 7.54. The maximum atomic E-state index is 11.7. The van der Waals surface area contributed by atoms with Crippen LogP contribution < -0.4 is 4.74 Å². The number of hydrogen-bond acceptors (Lipinski definition) is 4. The van der Waals surface area contributed by atoms with E-state index in [-0.39, 0.29) is 5.69 Å². The quantitative estimate of drug-likeness (QED) is 0.403. The summed E-state index contributed by atoms with van der Waals surface area (Å²) in [4.78, 5) is 22.3. The Bertz CT molecular complexity index is 944. The molecule has 0 atom stereocenters. The molecule has 1 aromatic carbocycles. The van der Waals surface area contributed by atoms with Crippen molar-refractivity contribution in [2.24, 2.45) is 0 Å². The molecule has 2 aromatic heterocycles. The highest BCUT2D eigenvalue weighted by molar-refractivity contribution is 5.92. The maximum absolute atomic E-state index is 11.7. The maximum Gasteiger partial charge on any atom is 0.270 e. The average Bonchev–Trinajstić information content (AvgIpc) is 2.95. The molecule has 0 aliphatic heterocycles. The summed E-state index contributed by atoms with van der Waals surface area (Å²) in [6.07, 6.45) is 2.56. The molecule has 0 fully saturated rings. The Kier molecular flexibility index (Phi) is 4.04. The highest BCUT2D eigenvalue weighted by Gasteiger charge is 2.19. The van der Waals surface area contributed by atoms with Crippen LogP contribution >= 0.6 is 0 Å². The minimum Gasteiger partial charge on any atom is -0.493 e. The van der Waals surface area contributed by atoms with Crippen molar-refractivity contribution in [3.8, 4) is 16.9 Å². The first-order valence-corrected chi connectivity index (χ1v) is 7.54. The van der Waals surface area contributed by atoms with E-state index < -0.39 is 4.92 Å². The average molecular weight is 324 g/mol. The van der Waals surface area contributed by atoms with Gasteiger partial charge in [-0.3, -0.25) is 14.9 Å². The molecule has 0 unspecified atom stereocenters. The lowest BCUT2D eigenvalue weighted by Crippen LogP contribution is -1.98. The number of aromatic nitrogens is 1. The van der Waals surface area contributed by atoms with Gasteiger partial charge in [0, 0.05) is 35.0 Å². The highest BCUT2D eigenvalue weighted by atomic mass is 16.6. The molecule has 0 amide bonds. The Hall–Kier alpha value is -3.15. The van der Waals surface area contributed by atoms with E-state index in [1.165, 1.54) is 12.1 Å². The van der Waals surface area contributed by atoms with Gasteiger partial charge in [-0.25, -0.2) is 0 Å². The molecular weight excluding hydrogens is 308 g/mol. The SMILES string of the molecule is CCOc1ccc([N+](=O)[O-])cc1-c1cc2c(C)cccn2c1C=O. The third kappa shape index (κ3) is 2.52. The molecule has 6 heteroatoms. The van der Waals surface area contributed by atoms with Crippen molar-refractivity contribution in [1.29, 1.82) is 0 Å². The van der Waals surface area contributed by atoms with E-state index in [4.69, 9.17) is 4.74 Å². The van der Waals surface area contributed by atoms with Crippen LogP contribution in [0.25, 0.3) is 16.6 Å². The van der Waals surface area contributed by atoms with Crippen LogP contribution in [-0.2, 0) is 0 Å². The number of pyridine rings is 1. The van der Waals surface area contributed by atoms with Crippen LogP contribution in [0.4, 0.5) is 5.69 Å². The zero-order valence-electron chi connectivity index (χ0n) is 13.4. The van der Waals surface area contributed by atoms with Crippen LogP contribution in [0.3, 0.4) is 0 Å². The van der Waals surface area contributed by atoms with Crippen molar-refractivity contribution in [3.05, 3.63) is 64.0 Å². The number of aldehydes is 1. The molecule has 0 aliphatic rings. The molecule has 3 rings (SSSR count). The summed E-state index contributed by atoms with van der Waals surface area (Å²) in [5.41, 5.74) is 3.44. The molecular formula is C18H16N2O4. The summed E-state index contributed by atoms with van der Waals surface area (Å²) in [5, 5.41) is 11.1. The van der Waals surface area contributed by atoms with Gasteiger partial charge in [-0.1, -0.05) is 6.07 Å². The van der Waals surface area contributed by atoms with E-state index in [9.17, 15) is 14.9 Å². The van der Waals surface area contributed by atoms with Gasteiger partial charge in [0.2, 0.25) is 0 Å². The number of hydrogen-bond donors (Lipinski definition) is 0. The smallest absolute Gasteiger partial charge is 0.270 e. The van der Waals surface area contributed by atoms with E-state index in [0.717, 1.165) is 17.4 Å². The number of fused-ring (bicyclic) bond motifs is 1. The number of carbonyl (C=O) groups excluding carboxylic acids is 1. The fourth-order valence-corrected chi connectivity index (χ4v) is 2.82. The highest BCUT2D eigenvalue weighted by Crippen LogP contribution is 2.37. The summed E-state index contributed by atoms with van der Waals surface area (Å²) in [7, 11) is 0. The fraction of sp³-hybridized carbons (Fsp3) is 0.167. The van der Waals surface area contributed by atoms with Crippen molar-refractivity contribution in [3.63, 3.8) is 0 Å². The zero-order chi connectivity index (χ0) is 17.3. The van der Waals surface area contributed by atoms with Gasteiger partial charge in [0.1, 0.15) is 5.75 Å². The molecule has 122 valence electrons. The normalized spacial score (nSPS) is 10.8. The number of benzene rings is 1. The second-order valence-corrected chi connectivity index (χ2v) is 5.38. The number of nitro groups is 1. The van der Waals surface area contributed by atoms with Gasteiger partial charge in [-0.15, -0.1) is 0 Å². The molecule has 0 saturated heterocycles. The zero-order valence-corrected chi connectivity index (χ0v) is 13.4. The Labute approximate surface area is 138 Å². The Morgan fingerprint density at radius 2 is 2.04 bits per heavy atom. The Morgan fingerprint density at radius 1 is 1.25 bits per heavy atom. The van der Waals surface area contributed by atoms with Gasteiger partial charge < -0.3 is 9.14 Å².